The third-order valence-electron chi connectivity index (χ3n) is 2.16. The average Bonchev–Trinajstić information content (AvgIpc) is 2.13. The molecule has 1 unspecified atom stereocenters. The Hall–Kier alpha value is -0.380. The highest BCUT2D eigenvalue weighted by molar-refractivity contribution is 9.10. The Balaban J connectivity index is 2.95. The Morgan fingerprint density at radius 3 is 2.69 bits per heavy atom. The van der Waals surface area contributed by atoms with Gasteiger partial charge in [0.25, 0.3) is 0 Å². The summed E-state index contributed by atoms with van der Waals surface area (Å²) in [6, 6.07) is 6.03. The van der Waals surface area contributed by atoms with Gasteiger partial charge in [0, 0.05) is 16.9 Å². The van der Waals surface area contributed by atoms with Crippen molar-refractivity contribution in [1.82, 2.24) is 0 Å². The van der Waals surface area contributed by atoms with Gasteiger partial charge in [-0.15, -0.1) is 0 Å². The monoisotopic (exact) mass is 243 g/mol. The average molecular weight is 244 g/mol. The summed E-state index contributed by atoms with van der Waals surface area (Å²) in [6.45, 7) is 2.62. The minimum absolute atomic E-state index is 0.0619. The van der Waals surface area contributed by atoms with Crippen molar-refractivity contribution < 1.29 is 5.11 Å². The zero-order chi connectivity index (χ0) is 9.84. The molecule has 3 N–H and O–H groups in total. The standard InChI is InChI=1S/C10H14BrNO/c1-7-4-8(2-3-10(7)11)9(5-12)6-13/h2-4,9,13H,5-6,12H2,1H3. The predicted octanol–water partition coefficient (Wildman–Crippen LogP) is 1.79. The molecular formula is C10H14BrNO. The van der Waals surface area contributed by atoms with Gasteiger partial charge in [0.05, 0.1) is 6.61 Å². The summed E-state index contributed by atoms with van der Waals surface area (Å²) in [5, 5.41) is 9.05. The normalized spacial score (nSPS) is 12.9. The summed E-state index contributed by atoms with van der Waals surface area (Å²) in [6.07, 6.45) is 0. The van der Waals surface area contributed by atoms with Gasteiger partial charge < -0.3 is 10.8 Å². The van der Waals surface area contributed by atoms with Gasteiger partial charge in [-0.25, -0.2) is 0 Å². The molecule has 0 radical (unpaired) electrons. The van der Waals surface area contributed by atoms with Crippen LogP contribution in [0.3, 0.4) is 0 Å². The molecule has 0 aliphatic rings. The number of aliphatic hydroxyl groups is 1. The largest absolute Gasteiger partial charge is 0.396 e. The first-order valence-corrected chi connectivity index (χ1v) is 5.05. The van der Waals surface area contributed by atoms with Crippen molar-refractivity contribution in [2.75, 3.05) is 13.2 Å². The van der Waals surface area contributed by atoms with Gasteiger partial charge in [0.1, 0.15) is 0 Å². The molecule has 0 aromatic heterocycles. The third kappa shape index (κ3) is 2.53. The summed E-state index contributed by atoms with van der Waals surface area (Å²) < 4.78 is 1.09. The van der Waals surface area contributed by atoms with Gasteiger partial charge in [0.15, 0.2) is 0 Å². The van der Waals surface area contributed by atoms with Gasteiger partial charge in [0.2, 0.25) is 0 Å². The lowest BCUT2D eigenvalue weighted by Crippen LogP contribution is -2.16. The van der Waals surface area contributed by atoms with Crippen molar-refractivity contribution >= 4 is 15.9 Å². The smallest absolute Gasteiger partial charge is 0.0511 e. The van der Waals surface area contributed by atoms with Crippen molar-refractivity contribution in [1.29, 1.82) is 0 Å². The van der Waals surface area contributed by atoms with Crippen LogP contribution in [0.4, 0.5) is 0 Å². The number of hydrogen-bond donors (Lipinski definition) is 2. The molecule has 0 saturated carbocycles. The van der Waals surface area contributed by atoms with E-state index in [0.717, 1.165) is 10.0 Å². The fourth-order valence-corrected chi connectivity index (χ4v) is 1.48. The Labute approximate surface area is 86.9 Å². The molecule has 0 fully saturated rings. The van der Waals surface area contributed by atoms with Crippen molar-refractivity contribution in [3.05, 3.63) is 33.8 Å². The molecular weight excluding hydrogens is 230 g/mol. The number of aryl methyl sites for hydroxylation is 1. The first-order valence-electron chi connectivity index (χ1n) is 4.26. The van der Waals surface area contributed by atoms with Gasteiger partial charge in [-0.2, -0.15) is 0 Å². The molecule has 1 atom stereocenters. The first-order chi connectivity index (χ1) is 6.19. The lowest BCUT2D eigenvalue weighted by atomic mass is 9.99. The fourth-order valence-electron chi connectivity index (χ4n) is 1.24. The van der Waals surface area contributed by atoms with E-state index in [2.05, 4.69) is 22.0 Å². The molecule has 0 saturated heterocycles. The molecule has 0 heterocycles. The van der Waals surface area contributed by atoms with Crippen LogP contribution >= 0.6 is 15.9 Å². The summed E-state index contributed by atoms with van der Waals surface area (Å²) in [7, 11) is 0. The van der Waals surface area contributed by atoms with Crippen LogP contribution in [0.5, 0.6) is 0 Å². The van der Waals surface area contributed by atoms with Crippen molar-refractivity contribution in [3.63, 3.8) is 0 Å². The highest BCUT2D eigenvalue weighted by atomic mass is 79.9. The number of hydrogen-bond acceptors (Lipinski definition) is 2. The van der Waals surface area contributed by atoms with Crippen molar-refractivity contribution in [2.24, 2.45) is 5.73 Å². The molecule has 0 aliphatic carbocycles. The van der Waals surface area contributed by atoms with E-state index >= 15 is 0 Å². The molecule has 13 heavy (non-hydrogen) atoms. The van der Waals surface area contributed by atoms with Crippen LogP contribution < -0.4 is 5.73 Å². The SMILES string of the molecule is Cc1cc(C(CN)CO)ccc1Br. The molecule has 1 aromatic rings. The lowest BCUT2D eigenvalue weighted by molar-refractivity contribution is 0.268. The Morgan fingerprint density at radius 2 is 2.23 bits per heavy atom. The summed E-state index contributed by atoms with van der Waals surface area (Å²) >= 11 is 3.43. The van der Waals surface area contributed by atoms with E-state index in [9.17, 15) is 0 Å². The van der Waals surface area contributed by atoms with E-state index in [1.54, 1.807) is 0 Å². The van der Waals surface area contributed by atoms with E-state index in [4.69, 9.17) is 10.8 Å². The fraction of sp³-hybridized carbons (Fsp3) is 0.400. The van der Waals surface area contributed by atoms with Crippen molar-refractivity contribution in [2.45, 2.75) is 12.8 Å². The number of rotatable bonds is 3. The number of aliphatic hydroxyl groups excluding tert-OH is 1. The third-order valence-corrected chi connectivity index (χ3v) is 3.05. The van der Waals surface area contributed by atoms with E-state index in [1.807, 2.05) is 19.1 Å². The maximum atomic E-state index is 9.05. The second-order valence-electron chi connectivity index (χ2n) is 3.12. The minimum atomic E-state index is 0.0619. The van der Waals surface area contributed by atoms with Crippen molar-refractivity contribution in [3.8, 4) is 0 Å². The van der Waals surface area contributed by atoms with Gasteiger partial charge in [-0.05, 0) is 24.1 Å². The van der Waals surface area contributed by atoms with Gasteiger partial charge >= 0.3 is 0 Å². The molecule has 2 nitrogen and oxygen atoms in total. The highest BCUT2D eigenvalue weighted by Gasteiger charge is 2.08. The molecule has 0 aliphatic heterocycles. The van der Waals surface area contributed by atoms with E-state index < -0.39 is 0 Å². The Kier molecular flexibility index (Phi) is 3.90. The van der Waals surface area contributed by atoms with E-state index in [0.29, 0.717) is 6.54 Å². The second kappa shape index (κ2) is 4.74. The quantitative estimate of drug-likeness (QED) is 0.851. The van der Waals surface area contributed by atoms with Crippen LogP contribution in [-0.2, 0) is 0 Å². The lowest BCUT2D eigenvalue weighted by Gasteiger charge is -2.12. The topological polar surface area (TPSA) is 46.2 Å². The molecule has 72 valence electrons. The van der Waals surface area contributed by atoms with Gasteiger partial charge in [-0.3, -0.25) is 0 Å². The zero-order valence-electron chi connectivity index (χ0n) is 7.63. The van der Waals surface area contributed by atoms with Crippen LogP contribution in [-0.4, -0.2) is 18.3 Å². The maximum Gasteiger partial charge on any atom is 0.0511 e. The van der Waals surface area contributed by atoms with Gasteiger partial charge in [-0.1, -0.05) is 28.1 Å². The Morgan fingerprint density at radius 1 is 1.54 bits per heavy atom. The Bertz CT molecular complexity index is 284. The molecule has 3 heteroatoms. The van der Waals surface area contributed by atoms with E-state index in [-0.39, 0.29) is 12.5 Å². The molecule has 0 amide bonds. The first kappa shape index (κ1) is 10.7. The second-order valence-corrected chi connectivity index (χ2v) is 3.98. The van der Waals surface area contributed by atoms with Crippen LogP contribution in [0.1, 0.15) is 17.0 Å². The van der Waals surface area contributed by atoms with E-state index in [1.165, 1.54) is 5.56 Å². The van der Waals surface area contributed by atoms with Crippen LogP contribution in [0, 0.1) is 6.92 Å². The minimum Gasteiger partial charge on any atom is -0.396 e. The molecule has 0 spiro atoms. The molecule has 0 bridgehead atoms. The maximum absolute atomic E-state index is 9.05. The molecule has 1 aromatic carbocycles. The zero-order valence-corrected chi connectivity index (χ0v) is 9.21. The summed E-state index contributed by atoms with van der Waals surface area (Å²) in [5.74, 6) is 0.0619. The number of benzene rings is 1. The van der Waals surface area contributed by atoms with Crippen LogP contribution in [0.2, 0.25) is 0 Å². The van der Waals surface area contributed by atoms with Crippen LogP contribution in [0.15, 0.2) is 22.7 Å². The summed E-state index contributed by atoms with van der Waals surface area (Å²) in [5.41, 5.74) is 7.80. The number of nitrogens with two attached hydrogens (primary N) is 1. The van der Waals surface area contributed by atoms with Crippen LogP contribution in [0.25, 0.3) is 0 Å². The highest BCUT2D eigenvalue weighted by Crippen LogP contribution is 2.21. The predicted molar refractivity (Wildman–Crippen MR) is 57.8 cm³/mol. The molecule has 1 rings (SSSR count). The number of halogens is 1. The summed E-state index contributed by atoms with van der Waals surface area (Å²) in [4.78, 5) is 0.